The van der Waals surface area contributed by atoms with Gasteiger partial charge in [0.1, 0.15) is 5.75 Å². The quantitative estimate of drug-likeness (QED) is 0.292. The van der Waals surface area contributed by atoms with Gasteiger partial charge in [0, 0.05) is 58.7 Å². The lowest BCUT2D eigenvalue weighted by molar-refractivity contribution is 0.367. The Morgan fingerprint density at radius 2 is 1.75 bits per heavy atom. The Morgan fingerprint density at radius 1 is 1.03 bits per heavy atom. The van der Waals surface area contributed by atoms with Gasteiger partial charge in [-0.15, -0.1) is 24.0 Å². The van der Waals surface area contributed by atoms with E-state index in [-0.39, 0.29) is 24.0 Å². The first-order chi connectivity index (χ1) is 15.3. The molecule has 3 aromatic rings. The predicted molar refractivity (Wildman–Crippen MR) is 140 cm³/mol. The summed E-state index contributed by atoms with van der Waals surface area (Å²) < 4.78 is 7.59. The molecule has 0 unspecified atom stereocenters. The topological polar surface area (TPSA) is 57.9 Å². The maximum absolute atomic E-state index is 5.52. The van der Waals surface area contributed by atoms with Crippen LogP contribution in [0.5, 0.6) is 5.75 Å². The Balaban J connectivity index is 0.00000289. The summed E-state index contributed by atoms with van der Waals surface area (Å²) in [5.41, 5.74) is 3.66. The van der Waals surface area contributed by atoms with Crippen molar-refractivity contribution < 1.29 is 4.74 Å². The van der Waals surface area contributed by atoms with Crippen LogP contribution in [0.4, 0.5) is 5.69 Å². The van der Waals surface area contributed by atoms with Crippen molar-refractivity contribution in [3.63, 3.8) is 0 Å². The fourth-order valence-corrected chi connectivity index (χ4v) is 3.92. The molecule has 2 aromatic carbocycles. The van der Waals surface area contributed by atoms with E-state index in [0.29, 0.717) is 0 Å². The number of halogens is 1. The zero-order valence-electron chi connectivity index (χ0n) is 18.6. The summed E-state index contributed by atoms with van der Waals surface area (Å²) in [7, 11) is 3.58. The number of anilines is 1. The number of rotatable bonds is 6. The second-order valence-electron chi connectivity index (χ2n) is 7.60. The molecule has 0 spiro atoms. The van der Waals surface area contributed by atoms with E-state index < -0.39 is 0 Å². The molecule has 1 aliphatic rings. The van der Waals surface area contributed by atoms with E-state index in [1.807, 2.05) is 31.7 Å². The predicted octanol–water partition coefficient (Wildman–Crippen LogP) is 3.46. The van der Waals surface area contributed by atoms with E-state index in [1.54, 1.807) is 13.3 Å². The van der Waals surface area contributed by atoms with Gasteiger partial charge < -0.3 is 24.4 Å². The van der Waals surface area contributed by atoms with Crippen LogP contribution in [0.2, 0.25) is 0 Å². The minimum Gasteiger partial charge on any atom is -0.495 e. The van der Waals surface area contributed by atoms with Crippen LogP contribution in [-0.2, 0) is 13.1 Å². The summed E-state index contributed by atoms with van der Waals surface area (Å²) in [6.45, 7) is 5.30. The number of methoxy groups -OCH3 is 1. The number of nitrogens with one attached hydrogen (secondary N) is 1. The van der Waals surface area contributed by atoms with Crippen LogP contribution in [0, 0.1) is 0 Å². The van der Waals surface area contributed by atoms with Crippen LogP contribution in [0.15, 0.2) is 72.2 Å². The fraction of sp³-hybridized carbons (Fsp3) is 0.333. The van der Waals surface area contributed by atoms with Crippen LogP contribution >= 0.6 is 24.0 Å². The molecule has 0 amide bonds. The van der Waals surface area contributed by atoms with Crippen molar-refractivity contribution in [2.45, 2.75) is 13.1 Å². The van der Waals surface area contributed by atoms with Crippen molar-refractivity contribution in [3.05, 3.63) is 78.4 Å². The van der Waals surface area contributed by atoms with E-state index in [2.05, 4.69) is 66.1 Å². The molecule has 4 rings (SSSR count). The molecular formula is C24H31IN6O. The largest absolute Gasteiger partial charge is 0.495 e. The van der Waals surface area contributed by atoms with Crippen LogP contribution in [-0.4, -0.2) is 60.7 Å². The van der Waals surface area contributed by atoms with Crippen molar-refractivity contribution >= 4 is 35.6 Å². The minimum absolute atomic E-state index is 0. The van der Waals surface area contributed by atoms with E-state index in [0.717, 1.165) is 56.7 Å². The highest BCUT2D eigenvalue weighted by atomic mass is 127. The second kappa shape index (κ2) is 11.8. The number of piperazine rings is 1. The number of benzene rings is 2. The molecule has 8 heteroatoms. The maximum atomic E-state index is 5.52. The lowest BCUT2D eigenvalue weighted by Crippen LogP contribution is -2.52. The first-order valence-corrected chi connectivity index (χ1v) is 10.6. The molecule has 0 atom stereocenters. The molecule has 0 aliphatic carbocycles. The van der Waals surface area contributed by atoms with Gasteiger partial charge in [0.2, 0.25) is 0 Å². The third-order valence-corrected chi connectivity index (χ3v) is 5.61. The molecular weight excluding hydrogens is 515 g/mol. The number of hydrogen-bond acceptors (Lipinski definition) is 4. The van der Waals surface area contributed by atoms with Gasteiger partial charge in [-0.25, -0.2) is 4.98 Å². The molecule has 0 radical (unpaired) electrons. The Hall–Kier alpha value is -2.75. The van der Waals surface area contributed by atoms with E-state index in [4.69, 9.17) is 4.74 Å². The first kappa shape index (κ1) is 23.9. The summed E-state index contributed by atoms with van der Waals surface area (Å²) >= 11 is 0. The number of aromatic nitrogens is 2. The average Bonchev–Trinajstić information content (AvgIpc) is 3.34. The van der Waals surface area contributed by atoms with Crippen LogP contribution in [0.25, 0.3) is 0 Å². The van der Waals surface area contributed by atoms with Crippen LogP contribution in [0.3, 0.4) is 0 Å². The normalized spacial score (nSPS) is 14.1. The SMILES string of the molecule is CN=C(NCc1ccc(Cn2ccnc2)cc1)N1CCN(c2ccccc2OC)CC1.I. The Bertz CT molecular complexity index is 982. The monoisotopic (exact) mass is 546 g/mol. The van der Waals surface area contributed by atoms with Gasteiger partial charge in [-0.1, -0.05) is 36.4 Å². The lowest BCUT2D eigenvalue weighted by Gasteiger charge is -2.38. The van der Waals surface area contributed by atoms with Gasteiger partial charge in [-0.2, -0.15) is 0 Å². The van der Waals surface area contributed by atoms with Crippen LogP contribution in [0.1, 0.15) is 11.1 Å². The molecule has 170 valence electrons. The van der Waals surface area contributed by atoms with E-state index in [9.17, 15) is 0 Å². The molecule has 2 heterocycles. The van der Waals surface area contributed by atoms with Gasteiger partial charge >= 0.3 is 0 Å². The van der Waals surface area contributed by atoms with Gasteiger partial charge in [-0.3, -0.25) is 4.99 Å². The Labute approximate surface area is 207 Å². The zero-order valence-corrected chi connectivity index (χ0v) is 21.0. The fourth-order valence-electron chi connectivity index (χ4n) is 3.92. The van der Waals surface area contributed by atoms with Crippen molar-refractivity contribution in [3.8, 4) is 5.75 Å². The van der Waals surface area contributed by atoms with E-state index in [1.165, 1.54) is 11.1 Å². The number of imidazole rings is 1. The zero-order chi connectivity index (χ0) is 21.5. The third kappa shape index (κ3) is 5.93. The highest BCUT2D eigenvalue weighted by Gasteiger charge is 2.21. The summed E-state index contributed by atoms with van der Waals surface area (Å²) in [4.78, 5) is 13.3. The molecule has 1 N–H and O–H groups in total. The number of guanidine groups is 1. The average molecular weight is 546 g/mol. The molecule has 1 fully saturated rings. The first-order valence-electron chi connectivity index (χ1n) is 10.6. The number of para-hydroxylation sites is 2. The molecule has 1 aliphatic heterocycles. The van der Waals surface area contributed by atoms with Crippen LogP contribution < -0.4 is 15.0 Å². The van der Waals surface area contributed by atoms with Crippen molar-refractivity contribution in [2.75, 3.05) is 45.2 Å². The Kier molecular flexibility index (Phi) is 8.78. The van der Waals surface area contributed by atoms with E-state index >= 15 is 0 Å². The molecule has 1 saturated heterocycles. The van der Waals surface area contributed by atoms with Crippen molar-refractivity contribution in [1.29, 1.82) is 0 Å². The lowest BCUT2D eigenvalue weighted by atomic mass is 10.1. The summed E-state index contributed by atoms with van der Waals surface area (Å²) in [5, 5.41) is 3.52. The summed E-state index contributed by atoms with van der Waals surface area (Å²) in [6, 6.07) is 16.9. The molecule has 0 saturated carbocycles. The summed E-state index contributed by atoms with van der Waals surface area (Å²) in [5.74, 6) is 1.87. The standard InChI is InChI=1S/C24H30N6O.HI/c1-25-24(27-17-20-7-9-21(10-8-20)18-28-12-11-26-19-28)30-15-13-29(14-16-30)22-5-3-4-6-23(22)31-2;/h3-12,19H,13-18H2,1-2H3,(H,25,27);1H. The summed E-state index contributed by atoms with van der Waals surface area (Å²) in [6.07, 6.45) is 5.63. The third-order valence-electron chi connectivity index (χ3n) is 5.61. The minimum atomic E-state index is 0. The highest BCUT2D eigenvalue weighted by Crippen LogP contribution is 2.28. The van der Waals surface area contributed by atoms with Gasteiger partial charge in [0.05, 0.1) is 19.1 Å². The maximum Gasteiger partial charge on any atom is 0.194 e. The highest BCUT2D eigenvalue weighted by molar-refractivity contribution is 14.0. The number of hydrogen-bond donors (Lipinski definition) is 1. The molecule has 1 aromatic heterocycles. The second-order valence-corrected chi connectivity index (χ2v) is 7.60. The smallest absolute Gasteiger partial charge is 0.194 e. The van der Waals surface area contributed by atoms with Gasteiger partial charge in [0.25, 0.3) is 0 Å². The van der Waals surface area contributed by atoms with Gasteiger partial charge in [0.15, 0.2) is 5.96 Å². The molecule has 7 nitrogen and oxygen atoms in total. The number of aliphatic imine (C=N–C) groups is 1. The Morgan fingerprint density at radius 3 is 2.41 bits per heavy atom. The molecule has 32 heavy (non-hydrogen) atoms. The number of nitrogens with zero attached hydrogens (tertiary/aromatic N) is 5. The number of ether oxygens (including phenoxy) is 1. The van der Waals surface area contributed by atoms with Crippen molar-refractivity contribution in [2.24, 2.45) is 4.99 Å². The van der Waals surface area contributed by atoms with Crippen molar-refractivity contribution in [1.82, 2.24) is 19.8 Å². The van der Waals surface area contributed by atoms with Gasteiger partial charge in [-0.05, 0) is 23.3 Å². The molecule has 0 bridgehead atoms.